The molecule has 0 aliphatic carbocycles. The predicted octanol–water partition coefficient (Wildman–Crippen LogP) is -1.12. The van der Waals surface area contributed by atoms with Gasteiger partial charge in [-0.1, -0.05) is 0 Å². The second kappa shape index (κ2) is 17.0. The average molecular weight is 485 g/mol. The van der Waals surface area contributed by atoms with Gasteiger partial charge in [-0.3, -0.25) is 0 Å². The van der Waals surface area contributed by atoms with Crippen molar-refractivity contribution < 1.29 is 67.0 Å². The van der Waals surface area contributed by atoms with E-state index < -0.39 is 0 Å². The van der Waals surface area contributed by atoms with Crippen molar-refractivity contribution in [2.45, 2.75) is 0 Å². The third-order valence-corrected chi connectivity index (χ3v) is 0. The summed E-state index contributed by atoms with van der Waals surface area (Å²) in [6.45, 7) is 0. The molecule has 0 aromatic heterocycles. The van der Waals surface area contributed by atoms with Crippen molar-refractivity contribution in [3.63, 3.8) is 0 Å². The summed E-state index contributed by atoms with van der Waals surface area (Å²) in [4.78, 5) is 0. The van der Waals surface area contributed by atoms with Crippen molar-refractivity contribution in [2.75, 3.05) is 0 Å². The Bertz CT molecular complexity index is 9.61. The molecule has 2 N–H and O–H groups in total. The Balaban J connectivity index is -0.0000000200. The minimum absolute atomic E-state index is 0. The summed E-state index contributed by atoms with van der Waals surface area (Å²) < 4.78 is 14.1. The van der Waals surface area contributed by atoms with Gasteiger partial charge in [0.2, 0.25) is 0 Å². The van der Waals surface area contributed by atoms with Gasteiger partial charge in [-0.15, -0.1) is 0 Å². The fourth-order valence-electron chi connectivity index (χ4n) is 0. The molecule has 0 aromatic carbocycles. The summed E-state index contributed by atoms with van der Waals surface area (Å²) in [6, 6.07) is 0. The molecule has 0 atom stereocenters. The smallest absolute Gasteiger partial charge is 0 e. The van der Waals surface area contributed by atoms with Crippen LogP contribution in [0.25, 0.3) is 0 Å². The van der Waals surface area contributed by atoms with E-state index in [1.807, 2.05) is 0 Å². The Hall–Kier alpha value is 1.84. The van der Waals surface area contributed by atoms with E-state index >= 15 is 0 Å². The van der Waals surface area contributed by atoms with Crippen LogP contribution in [0.3, 0.4) is 0 Å². The zero-order chi connectivity index (χ0) is 2.71. The summed E-state index contributed by atoms with van der Waals surface area (Å²) in [5.74, 6) is 0. The molecule has 0 saturated heterocycles. The van der Waals surface area contributed by atoms with Crippen molar-refractivity contribution in [3.05, 3.63) is 0 Å². The van der Waals surface area contributed by atoms with Gasteiger partial charge in [0.05, 0.1) is 0 Å². The van der Waals surface area contributed by atoms with Crippen LogP contribution in [-0.4, -0.2) is 8.50 Å². The van der Waals surface area contributed by atoms with E-state index in [-0.39, 0.29) is 58.5 Å². The first-order valence-corrected chi connectivity index (χ1v) is 1.17. The minimum Gasteiger partial charge on any atom is 0 e. The molecule has 0 heterocycles. The molecule has 0 amide bonds. The Kier molecular flexibility index (Phi) is 53.7. The molecule has 0 bridgehead atoms. The molecular formula is H2AuNiO2Pt. The van der Waals surface area contributed by atoms with E-state index in [1.54, 1.807) is 0 Å². The van der Waals surface area contributed by atoms with Gasteiger partial charge in [0, 0.05) is 43.4 Å². The Morgan fingerprint density at radius 1 is 1.20 bits per heavy atom. The Morgan fingerprint density at radius 2 is 1.20 bits per heavy atom. The monoisotopic (exact) mass is 484 g/mol. The molecule has 0 aliphatic heterocycles. The SMILES string of the molecule is [Au].[OH][Ni][OH].[Pt]. The van der Waals surface area contributed by atoms with Crippen LogP contribution in [0.1, 0.15) is 0 Å². The summed E-state index contributed by atoms with van der Waals surface area (Å²) in [5, 5.41) is 0. The van der Waals surface area contributed by atoms with Gasteiger partial charge < -0.3 is 0 Å². The molecule has 0 unspecified atom stereocenters. The first kappa shape index (κ1) is 15.8. The first-order chi connectivity index (χ1) is 1.41. The van der Waals surface area contributed by atoms with Crippen LogP contribution in [0.5, 0.6) is 0 Å². The van der Waals surface area contributed by atoms with Crippen molar-refractivity contribution in [2.24, 2.45) is 0 Å². The zero-order valence-corrected chi connectivity index (χ0v) is 7.25. The van der Waals surface area contributed by atoms with E-state index in [1.165, 1.54) is 0 Å². The van der Waals surface area contributed by atoms with Gasteiger partial charge in [0.1, 0.15) is 0 Å². The van der Waals surface area contributed by atoms with E-state index in [2.05, 4.69) is 0 Å². The molecule has 45 valence electrons. The maximum absolute atomic E-state index is 7.06. The minimum atomic E-state index is -0.375. The van der Waals surface area contributed by atoms with Gasteiger partial charge in [-0.05, 0) is 0 Å². The van der Waals surface area contributed by atoms with E-state index in [9.17, 15) is 0 Å². The van der Waals surface area contributed by atoms with Crippen LogP contribution in [0, 0.1) is 0 Å². The van der Waals surface area contributed by atoms with Crippen molar-refractivity contribution in [3.8, 4) is 0 Å². The van der Waals surface area contributed by atoms with Gasteiger partial charge in [0.25, 0.3) is 0 Å². The van der Waals surface area contributed by atoms with Gasteiger partial charge in [-0.2, -0.15) is 0 Å². The first-order valence-electron chi connectivity index (χ1n) is 0.283. The molecule has 0 spiro atoms. The molecule has 0 aromatic rings. The maximum Gasteiger partial charge on any atom is 0 e. The van der Waals surface area contributed by atoms with Crippen LogP contribution in [0.2, 0.25) is 0 Å². The van der Waals surface area contributed by atoms with Gasteiger partial charge in [-0.25, -0.2) is 0 Å². The Labute approximate surface area is 66.5 Å². The molecular weight excluding hydrogens is 483 g/mol. The molecule has 5 heavy (non-hydrogen) atoms. The normalized spacial score (nSPS) is 4.40. The Morgan fingerprint density at radius 3 is 1.20 bits per heavy atom. The van der Waals surface area contributed by atoms with Crippen molar-refractivity contribution in [1.82, 2.24) is 0 Å². The topological polar surface area (TPSA) is 40.5 Å². The average Bonchev–Trinajstić information content (AvgIpc) is 0.918. The summed E-state index contributed by atoms with van der Waals surface area (Å²) in [7, 11) is 0. The summed E-state index contributed by atoms with van der Waals surface area (Å²) >= 11 is -0.375. The second-order valence-electron chi connectivity index (χ2n) is 0.0632. The van der Waals surface area contributed by atoms with Crippen LogP contribution < -0.4 is 0 Å². The molecule has 0 saturated carbocycles. The number of rotatable bonds is 0. The largest absolute Gasteiger partial charge is 0 e. The van der Waals surface area contributed by atoms with Gasteiger partial charge in [0.15, 0.2) is 0 Å². The molecule has 0 aliphatic rings. The number of hydrogen-bond acceptors (Lipinski definition) is 2. The van der Waals surface area contributed by atoms with Crippen LogP contribution in [0.15, 0.2) is 0 Å². The number of hydrogen-bond donors (Lipinski definition) is 2. The molecule has 5 heteroatoms. The molecule has 0 rings (SSSR count). The van der Waals surface area contributed by atoms with Crippen LogP contribution in [0.4, 0.5) is 0 Å². The van der Waals surface area contributed by atoms with Gasteiger partial charge >= 0.3 is 23.6 Å². The third-order valence-electron chi connectivity index (χ3n) is 0. The van der Waals surface area contributed by atoms with Crippen LogP contribution >= 0.6 is 0 Å². The quantitative estimate of drug-likeness (QED) is 0.428. The zero-order valence-electron chi connectivity index (χ0n) is 1.83. The van der Waals surface area contributed by atoms with Crippen LogP contribution in [-0.2, 0) is 58.5 Å². The van der Waals surface area contributed by atoms with E-state index in [4.69, 9.17) is 8.50 Å². The third kappa shape index (κ3) is 25.4. The maximum atomic E-state index is 7.06. The van der Waals surface area contributed by atoms with E-state index in [0.717, 1.165) is 0 Å². The van der Waals surface area contributed by atoms with E-state index in [0.29, 0.717) is 0 Å². The van der Waals surface area contributed by atoms with Crippen molar-refractivity contribution in [1.29, 1.82) is 0 Å². The summed E-state index contributed by atoms with van der Waals surface area (Å²) in [5.41, 5.74) is 0. The predicted molar refractivity (Wildman–Crippen MR) is 4.44 cm³/mol. The molecule has 2 nitrogen and oxygen atoms in total. The fraction of sp³-hybridized carbons (Fsp3) is 0. The van der Waals surface area contributed by atoms with Crippen molar-refractivity contribution >= 4 is 0 Å². The molecule has 1 radical (unpaired) electrons. The standard InChI is InChI=1S/Au.Ni.2H2O.Pt/h;;2*1H2;/q;+2;;;/p-2. The molecule has 0 fully saturated rings. The fourth-order valence-corrected chi connectivity index (χ4v) is 0. The second-order valence-corrected chi connectivity index (χ2v) is 0.261. The summed E-state index contributed by atoms with van der Waals surface area (Å²) in [6.07, 6.45) is 0.